The molecule has 1 aromatic heterocycles. The summed E-state index contributed by atoms with van der Waals surface area (Å²) in [5, 5.41) is 0. The number of ether oxygens (including phenoxy) is 1. The summed E-state index contributed by atoms with van der Waals surface area (Å²) in [6.07, 6.45) is 0.442. The Bertz CT molecular complexity index is 1040. The molecular weight excluding hydrogens is 470 g/mol. The van der Waals surface area contributed by atoms with Crippen molar-refractivity contribution >= 4 is 38.9 Å². The third kappa shape index (κ3) is 5.35. The van der Waals surface area contributed by atoms with E-state index >= 15 is 0 Å². The summed E-state index contributed by atoms with van der Waals surface area (Å²) in [5.41, 5.74) is 1.78. The van der Waals surface area contributed by atoms with Crippen LogP contribution >= 0.6 is 22.9 Å². The third-order valence-electron chi connectivity index (χ3n) is 5.77. The Hall–Kier alpha value is -1.49. The molecule has 2 atom stereocenters. The van der Waals surface area contributed by atoms with E-state index in [4.69, 9.17) is 16.3 Å². The predicted octanol–water partition coefficient (Wildman–Crippen LogP) is 3.16. The van der Waals surface area contributed by atoms with Gasteiger partial charge in [0.15, 0.2) is 0 Å². The monoisotopic (exact) mass is 497 g/mol. The molecule has 0 radical (unpaired) electrons. The molecular formula is C22H28ClN3O4S2. The van der Waals surface area contributed by atoms with Crippen LogP contribution in [-0.4, -0.2) is 79.9 Å². The molecule has 1 aromatic carbocycles. The smallest absolute Gasteiger partial charge is 0.253 e. The zero-order valence-electron chi connectivity index (χ0n) is 18.2. The first-order chi connectivity index (χ1) is 15.2. The van der Waals surface area contributed by atoms with E-state index in [9.17, 15) is 13.2 Å². The summed E-state index contributed by atoms with van der Waals surface area (Å²) in [4.78, 5) is 17.0. The molecule has 32 heavy (non-hydrogen) atoms. The lowest BCUT2D eigenvalue weighted by atomic mass is 10.1. The largest absolute Gasteiger partial charge is 0.373 e. The van der Waals surface area contributed by atoms with Gasteiger partial charge in [0.05, 0.1) is 16.5 Å². The molecule has 2 aliphatic rings. The first-order valence-corrected chi connectivity index (χ1v) is 13.4. The summed E-state index contributed by atoms with van der Waals surface area (Å²) < 4.78 is 33.4. The van der Waals surface area contributed by atoms with Crippen LogP contribution in [-0.2, 0) is 21.3 Å². The molecule has 4 rings (SSSR count). The number of halogens is 1. The highest BCUT2D eigenvalue weighted by Crippen LogP contribution is 2.28. The second-order valence-electron chi connectivity index (χ2n) is 8.40. The van der Waals surface area contributed by atoms with Crippen molar-refractivity contribution in [2.24, 2.45) is 0 Å². The highest BCUT2D eigenvalue weighted by Gasteiger charge is 2.31. The minimum absolute atomic E-state index is 0.0682. The minimum Gasteiger partial charge on any atom is -0.373 e. The van der Waals surface area contributed by atoms with E-state index in [1.165, 1.54) is 10.4 Å². The van der Waals surface area contributed by atoms with Gasteiger partial charge in [0.1, 0.15) is 4.21 Å². The fraction of sp³-hybridized carbons (Fsp3) is 0.500. The molecule has 2 aromatic rings. The van der Waals surface area contributed by atoms with E-state index in [0.717, 1.165) is 36.5 Å². The molecule has 0 spiro atoms. The number of hydrogen-bond donors (Lipinski definition) is 0. The first-order valence-electron chi connectivity index (χ1n) is 10.7. The number of thiophene rings is 1. The van der Waals surface area contributed by atoms with E-state index in [1.807, 2.05) is 24.3 Å². The van der Waals surface area contributed by atoms with E-state index in [2.05, 4.69) is 18.7 Å². The Morgan fingerprint density at radius 1 is 1.03 bits per heavy atom. The van der Waals surface area contributed by atoms with Crippen LogP contribution in [0.2, 0.25) is 4.34 Å². The van der Waals surface area contributed by atoms with Crippen molar-refractivity contribution in [3.8, 4) is 0 Å². The summed E-state index contributed by atoms with van der Waals surface area (Å²) in [5.74, 6) is -0.0682. The number of carbonyl (C=O) groups excluding carboxylic acids is 1. The van der Waals surface area contributed by atoms with Gasteiger partial charge in [-0.15, -0.1) is 11.3 Å². The predicted molar refractivity (Wildman–Crippen MR) is 126 cm³/mol. The summed E-state index contributed by atoms with van der Waals surface area (Å²) in [6.45, 7) is 8.08. The molecule has 174 valence electrons. The van der Waals surface area contributed by atoms with Gasteiger partial charge < -0.3 is 9.64 Å². The Morgan fingerprint density at radius 2 is 1.66 bits per heavy atom. The van der Waals surface area contributed by atoms with Crippen molar-refractivity contribution < 1.29 is 17.9 Å². The van der Waals surface area contributed by atoms with Crippen LogP contribution in [0.3, 0.4) is 0 Å². The normalized spacial score (nSPS) is 23.4. The van der Waals surface area contributed by atoms with Gasteiger partial charge in [-0.3, -0.25) is 9.69 Å². The molecule has 2 saturated heterocycles. The minimum atomic E-state index is -3.57. The van der Waals surface area contributed by atoms with Crippen molar-refractivity contribution in [3.05, 3.63) is 51.9 Å². The molecule has 2 aliphatic heterocycles. The average molecular weight is 498 g/mol. The van der Waals surface area contributed by atoms with E-state index in [0.29, 0.717) is 23.0 Å². The van der Waals surface area contributed by atoms with Crippen LogP contribution in [0.5, 0.6) is 0 Å². The Labute approximate surface area is 198 Å². The van der Waals surface area contributed by atoms with Crippen LogP contribution in [0.4, 0.5) is 0 Å². The van der Waals surface area contributed by atoms with Crippen molar-refractivity contribution in [1.29, 1.82) is 0 Å². The SMILES string of the molecule is CC1CN(Cc2ccc(C(=O)N3CCN(S(=O)(=O)c4ccc(Cl)s4)CC3)cc2)CC(C)O1. The second kappa shape index (κ2) is 9.79. The molecule has 2 unspecified atom stereocenters. The number of morpholine rings is 1. The number of benzene rings is 1. The van der Waals surface area contributed by atoms with Crippen LogP contribution in [0, 0.1) is 0 Å². The van der Waals surface area contributed by atoms with Crippen molar-refractivity contribution in [2.45, 2.75) is 36.8 Å². The Balaban J connectivity index is 1.33. The number of nitrogens with zero attached hydrogens (tertiary/aromatic N) is 3. The zero-order chi connectivity index (χ0) is 22.9. The second-order valence-corrected chi connectivity index (χ2v) is 12.3. The van der Waals surface area contributed by atoms with E-state index < -0.39 is 10.0 Å². The van der Waals surface area contributed by atoms with Gasteiger partial charge in [-0.05, 0) is 43.7 Å². The highest BCUT2D eigenvalue weighted by molar-refractivity contribution is 7.91. The number of carbonyl (C=O) groups is 1. The molecule has 7 nitrogen and oxygen atoms in total. The number of rotatable bonds is 5. The molecule has 0 bridgehead atoms. The summed E-state index contributed by atoms with van der Waals surface area (Å²) in [7, 11) is -3.57. The third-order valence-corrected chi connectivity index (χ3v) is 9.37. The van der Waals surface area contributed by atoms with Gasteiger partial charge in [0.2, 0.25) is 0 Å². The quantitative estimate of drug-likeness (QED) is 0.634. The van der Waals surface area contributed by atoms with Gasteiger partial charge in [0, 0.05) is 51.4 Å². The maximum Gasteiger partial charge on any atom is 0.253 e. The van der Waals surface area contributed by atoms with Crippen molar-refractivity contribution in [3.63, 3.8) is 0 Å². The highest BCUT2D eigenvalue weighted by atomic mass is 35.5. The molecule has 2 fully saturated rings. The fourth-order valence-electron chi connectivity index (χ4n) is 4.30. The van der Waals surface area contributed by atoms with Crippen LogP contribution in [0.25, 0.3) is 0 Å². The fourth-order valence-corrected chi connectivity index (χ4v) is 7.36. The molecule has 10 heteroatoms. The maximum atomic E-state index is 12.9. The first kappa shape index (κ1) is 23.7. The number of piperazine rings is 1. The van der Waals surface area contributed by atoms with Crippen molar-refractivity contribution in [2.75, 3.05) is 39.3 Å². The van der Waals surface area contributed by atoms with Gasteiger partial charge in [-0.1, -0.05) is 23.7 Å². The van der Waals surface area contributed by atoms with Crippen molar-refractivity contribution in [1.82, 2.24) is 14.1 Å². The Kier molecular flexibility index (Phi) is 7.24. The van der Waals surface area contributed by atoms with Crippen LogP contribution in [0.1, 0.15) is 29.8 Å². The molecule has 3 heterocycles. The molecule has 0 saturated carbocycles. The standard InChI is InChI=1S/C22H28ClN3O4S2/c1-16-13-24(14-17(2)30-16)15-18-3-5-19(6-4-18)22(27)25-9-11-26(12-10-25)32(28,29)21-8-7-20(23)31-21/h3-8,16-17H,9-15H2,1-2H3. The van der Waals surface area contributed by atoms with Gasteiger partial charge in [-0.2, -0.15) is 4.31 Å². The van der Waals surface area contributed by atoms with Crippen LogP contribution in [0.15, 0.2) is 40.6 Å². The van der Waals surface area contributed by atoms with E-state index in [-0.39, 0.29) is 35.4 Å². The lowest BCUT2D eigenvalue weighted by molar-refractivity contribution is -0.0704. The summed E-state index contributed by atoms with van der Waals surface area (Å²) >= 11 is 6.94. The van der Waals surface area contributed by atoms with Crippen LogP contribution < -0.4 is 0 Å². The molecule has 0 aliphatic carbocycles. The maximum absolute atomic E-state index is 12.9. The van der Waals surface area contributed by atoms with Gasteiger partial charge >= 0.3 is 0 Å². The van der Waals surface area contributed by atoms with Gasteiger partial charge in [0.25, 0.3) is 15.9 Å². The molecule has 0 N–H and O–H groups in total. The number of amides is 1. The van der Waals surface area contributed by atoms with Gasteiger partial charge in [-0.25, -0.2) is 8.42 Å². The summed E-state index contributed by atoms with van der Waals surface area (Å²) in [6, 6.07) is 10.8. The average Bonchev–Trinajstić information content (AvgIpc) is 3.20. The lowest BCUT2D eigenvalue weighted by Gasteiger charge is -2.35. The molecule has 1 amide bonds. The topological polar surface area (TPSA) is 70.2 Å². The lowest BCUT2D eigenvalue weighted by Crippen LogP contribution is -2.50. The Morgan fingerprint density at radius 3 is 2.22 bits per heavy atom. The zero-order valence-corrected chi connectivity index (χ0v) is 20.6. The number of sulfonamides is 1. The number of hydrogen-bond acceptors (Lipinski definition) is 6. The van der Waals surface area contributed by atoms with E-state index in [1.54, 1.807) is 11.0 Å².